The minimum atomic E-state index is -0.539. The summed E-state index contributed by atoms with van der Waals surface area (Å²) in [5, 5.41) is 4.06. The lowest BCUT2D eigenvalue weighted by atomic mass is 10.2. The van der Waals surface area contributed by atoms with Crippen molar-refractivity contribution >= 4 is 11.5 Å². The number of anilines is 2. The first-order valence-corrected chi connectivity index (χ1v) is 10.5. The minimum Gasteiger partial charge on any atom is -0.497 e. The molecule has 3 aromatic rings. The van der Waals surface area contributed by atoms with E-state index >= 15 is 0 Å². The lowest BCUT2D eigenvalue weighted by Gasteiger charge is -2.26. The van der Waals surface area contributed by atoms with Gasteiger partial charge in [-0.15, -0.1) is 0 Å². The second-order valence-corrected chi connectivity index (χ2v) is 8.51. The zero-order valence-electron chi connectivity index (χ0n) is 19.1. The maximum absolute atomic E-state index is 12.7. The molecule has 3 rings (SSSR count). The van der Waals surface area contributed by atoms with E-state index in [1.54, 1.807) is 12.0 Å². The van der Waals surface area contributed by atoms with Gasteiger partial charge >= 0.3 is 5.69 Å². The smallest absolute Gasteiger partial charge is 0.330 e. The maximum atomic E-state index is 12.7. The number of nitrogen functional groups attached to an aromatic ring is 1. The van der Waals surface area contributed by atoms with Crippen LogP contribution in [0.3, 0.4) is 0 Å². The van der Waals surface area contributed by atoms with E-state index in [2.05, 4.69) is 15.1 Å². The van der Waals surface area contributed by atoms with Crippen molar-refractivity contribution in [2.75, 3.05) is 24.3 Å². The molecule has 0 aliphatic carbocycles. The number of rotatable bonds is 9. The highest BCUT2D eigenvalue weighted by atomic mass is 16.5. The quantitative estimate of drug-likeness (QED) is 0.516. The molecule has 0 saturated carbocycles. The van der Waals surface area contributed by atoms with E-state index in [9.17, 15) is 9.59 Å². The van der Waals surface area contributed by atoms with Crippen molar-refractivity contribution in [3.63, 3.8) is 0 Å². The Morgan fingerprint density at radius 2 is 1.84 bits per heavy atom. The first kappa shape index (κ1) is 23.1. The molecular formula is C22H30N6O4. The van der Waals surface area contributed by atoms with Crippen LogP contribution in [0.25, 0.3) is 11.4 Å². The zero-order chi connectivity index (χ0) is 23.4. The van der Waals surface area contributed by atoms with Crippen LogP contribution in [-0.4, -0.2) is 33.3 Å². The number of methoxy groups -OCH3 is 1. The van der Waals surface area contributed by atoms with Crippen LogP contribution in [0.4, 0.5) is 11.5 Å². The van der Waals surface area contributed by atoms with Gasteiger partial charge in [-0.3, -0.25) is 14.3 Å². The summed E-state index contributed by atoms with van der Waals surface area (Å²) >= 11 is 0. The van der Waals surface area contributed by atoms with Gasteiger partial charge < -0.3 is 19.9 Å². The number of hydrogen-bond donors (Lipinski definition) is 2. The number of hydrogen-bond acceptors (Lipinski definition) is 8. The topological polar surface area (TPSA) is 132 Å². The summed E-state index contributed by atoms with van der Waals surface area (Å²) in [6.07, 6.45) is 0. The van der Waals surface area contributed by atoms with Crippen LogP contribution < -0.4 is 26.6 Å². The Balaban J connectivity index is 1.96. The molecule has 0 atom stereocenters. The number of aromatic amines is 1. The van der Waals surface area contributed by atoms with E-state index in [-0.39, 0.29) is 29.9 Å². The molecule has 10 heteroatoms. The van der Waals surface area contributed by atoms with Crippen molar-refractivity contribution in [1.29, 1.82) is 0 Å². The zero-order valence-corrected chi connectivity index (χ0v) is 19.1. The summed E-state index contributed by atoms with van der Waals surface area (Å²) in [5.41, 5.74) is 6.25. The molecular weight excluding hydrogens is 412 g/mol. The van der Waals surface area contributed by atoms with E-state index in [0.717, 1.165) is 11.3 Å². The van der Waals surface area contributed by atoms with Crippen LogP contribution in [0, 0.1) is 11.8 Å². The summed E-state index contributed by atoms with van der Waals surface area (Å²) in [5.74, 6) is 2.00. The first-order chi connectivity index (χ1) is 15.2. The monoisotopic (exact) mass is 442 g/mol. The Bertz CT molecular complexity index is 1160. The highest BCUT2D eigenvalue weighted by Gasteiger charge is 2.22. The van der Waals surface area contributed by atoms with E-state index in [0.29, 0.717) is 24.8 Å². The lowest BCUT2D eigenvalue weighted by molar-refractivity contribution is 0.374. The molecule has 10 nitrogen and oxygen atoms in total. The van der Waals surface area contributed by atoms with Gasteiger partial charge in [-0.25, -0.2) is 4.79 Å². The van der Waals surface area contributed by atoms with E-state index in [4.69, 9.17) is 15.0 Å². The Morgan fingerprint density at radius 1 is 1.16 bits per heavy atom. The molecule has 0 saturated heterocycles. The molecule has 2 aromatic heterocycles. The van der Waals surface area contributed by atoms with Crippen LogP contribution in [0.5, 0.6) is 5.75 Å². The van der Waals surface area contributed by atoms with Gasteiger partial charge in [0.05, 0.1) is 13.7 Å². The van der Waals surface area contributed by atoms with Crippen molar-refractivity contribution in [1.82, 2.24) is 19.7 Å². The van der Waals surface area contributed by atoms with Gasteiger partial charge in [-0.2, -0.15) is 4.98 Å². The predicted molar refractivity (Wildman–Crippen MR) is 123 cm³/mol. The minimum absolute atomic E-state index is 0.128. The van der Waals surface area contributed by atoms with Crippen LogP contribution in [0.1, 0.15) is 33.6 Å². The van der Waals surface area contributed by atoms with E-state index in [1.165, 1.54) is 4.57 Å². The molecule has 2 heterocycles. The normalized spacial score (nSPS) is 11.3. The van der Waals surface area contributed by atoms with Gasteiger partial charge in [0, 0.05) is 18.7 Å². The second kappa shape index (κ2) is 9.71. The molecule has 0 bridgehead atoms. The van der Waals surface area contributed by atoms with Crippen LogP contribution in [0.15, 0.2) is 38.4 Å². The average molecular weight is 443 g/mol. The average Bonchev–Trinajstić information content (AvgIpc) is 3.19. The van der Waals surface area contributed by atoms with Gasteiger partial charge in [0.1, 0.15) is 17.3 Å². The van der Waals surface area contributed by atoms with Gasteiger partial charge in [0.25, 0.3) is 5.56 Å². The van der Waals surface area contributed by atoms with Crippen LogP contribution in [0.2, 0.25) is 0 Å². The van der Waals surface area contributed by atoms with Crippen molar-refractivity contribution in [3.05, 3.63) is 51.0 Å². The Kier molecular flexibility index (Phi) is 7.01. The van der Waals surface area contributed by atoms with E-state index in [1.807, 2.05) is 52.0 Å². The third-order valence-electron chi connectivity index (χ3n) is 4.81. The first-order valence-electron chi connectivity index (χ1n) is 10.5. The third-order valence-corrected chi connectivity index (χ3v) is 4.81. The lowest BCUT2D eigenvalue weighted by Crippen LogP contribution is -2.40. The molecule has 32 heavy (non-hydrogen) atoms. The molecule has 3 N–H and O–H groups in total. The number of aromatic nitrogens is 4. The fourth-order valence-corrected chi connectivity index (χ4v) is 3.44. The van der Waals surface area contributed by atoms with Crippen molar-refractivity contribution in [2.24, 2.45) is 11.8 Å². The molecule has 0 aliphatic heterocycles. The number of nitrogens with zero attached hydrogens (tertiary/aromatic N) is 4. The van der Waals surface area contributed by atoms with Gasteiger partial charge in [0.2, 0.25) is 11.7 Å². The summed E-state index contributed by atoms with van der Waals surface area (Å²) in [6, 6.07) is 7.30. The summed E-state index contributed by atoms with van der Waals surface area (Å²) < 4.78 is 12.0. The molecule has 0 fully saturated rings. The Labute approximate surface area is 186 Å². The SMILES string of the molecule is COc1ccc(-c2noc(CN(CC(C)C)c3c(N)n(CC(C)C)c(=O)[nH]c3=O)n2)cc1. The van der Waals surface area contributed by atoms with Gasteiger partial charge in [-0.1, -0.05) is 32.9 Å². The molecule has 0 aliphatic rings. The van der Waals surface area contributed by atoms with Crippen molar-refractivity contribution in [3.8, 4) is 17.1 Å². The molecule has 0 spiro atoms. The molecule has 172 valence electrons. The van der Waals surface area contributed by atoms with Crippen molar-refractivity contribution in [2.45, 2.75) is 40.8 Å². The summed E-state index contributed by atoms with van der Waals surface area (Å²) in [4.78, 5) is 33.7. The highest BCUT2D eigenvalue weighted by Crippen LogP contribution is 2.23. The van der Waals surface area contributed by atoms with Crippen molar-refractivity contribution < 1.29 is 9.26 Å². The highest BCUT2D eigenvalue weighted by molar-refractivity contribution is 5.62. The Hall–Kier alpha value is -3.56. The number of nitrogens with two attached hydrogens (primary N) is 1. The fourth-order valence-electron chi connectivity index (χ4n) is 3.44. The molecule has 1 aromatic carbocycles. The fraction of sp³-hybridized carbons (Fsp3) is 0.455. The van der Waals surface area contributed by atoms with E-state index < -0.39 is 11.2 Å². The number of nitrogens with one attached hydrogen (secondary N) is 1. The van der Waals surface area contributed by atoms with Gasteiger partial charge in [-0.05, 0) is 36.1 Å². The number of ether oxygens (including phenoxy) is 1. The van der Waals surface area contributed by atoms with Gasteiger partial charge in [0.15, 0.2) is 0 Å². The van der Waals surface area contributed by atoms with Crippen LogP contribution >= 0.6 is 0 Å². The standard InChI is InChI=1S/C22H30N6O4/c1-13(2)10-27(18-19(23)28(11-14(3)4)22(30)25-21(18)29)12-17-24-20(26-32-17)15-6-8-16(31-5)9-7-15/h6-9,13-14H,10-12,23H2,1-5H3,(H,25,29,30). The number of benzene rings is 1. The molecule has 0 radical (unpaired) electrons. The summed E-state index contributed by atoms with van der Waals surface area (Å²) in [6.45, 7) is 9.08. The molecule has 0 amide bonds. The second-order valence-electron chi connectivity index (χ2n) is 8.51. The number of H-pyrrole nitrogens is 1. The van der Waals surface area contributed by atoms with Crippen LogP contribution in [-0.2, 0) is 13.1 Å². The summed E-state index contributed by atoms with van der Waals surface area (Å²) in [7, 11) is 1.60. The Morgan fingerprint density at radius 3 is 2.44 bits per heavy atom. The molecule has 0 unspecified atom stereocenters. The predicted octanol–water partition coefficient (Wildman–Crippen LogP) is 2.50. The maximum Gasteiger partial charge on any atom is 0.330 e. The largest absolute Gasteiger partial charge is 0.497 e. The third kappa shape index (κ3) is 5.19.